The van der Waals surface area contributed by atoms with Crippen LogP contribution < -0.4 is 10.6 Å². The number of hydrogen-bond donors (Lipinski definition) is 4. The number of carboxylic acids is 1. The number of carbonyl (C=O) groups excluding carboxylic acids is 2. The number of amides is 2. The number of carboxylic acid groups (broad SMARTS) is 1. The third-order valence-corrected chi connectivity index (χ3v) is 2.80. The molecule has 0 radical (unpaired) electrons. The first-order valence-electron chi connectivity index (χ1n) is 6.37. The van der Waals surface area contributed by atoms with Crippen LogP contribution in [-0.2, 0) is 20.8 Å². The molecule has 0 saturated carbocycles. The lowest BCUT2D eigenvalue weighted by atomic mass is 10.0. The summed E-state index contributed by atoms with van der Waals surface area (Å²) in [5.41, 5.74) is 0.727. The van der Waals surface area contributed by atoms with E-state index >= 15 is 0 Å². The van der Waals surface area contributed by atoms with Gasteiger partial charge in [-0.25, -0.2) is 0 Å². The molecule has 1 aromatic carbocycles. The highest BCUT2D eigenvalue weighted by Crippen LogP contribution is 2.11. The van der Waals surface area contributed by atoms with Crippen molar-refractivity contribution in [2.45, 2.75) is 32.4 Å². The van der Waals surface area contributed by atoms with Crippen LogP contribution in [0, 0.1) is 0 Å². The van der Waals surface area contributed by atoms with E-state index in [4.69, 9.17) is 5.11 Å². The molecule has 2 amide bonds. The second kappa shape index (κ2) is 7.28. The van der Waals surface area contributed by atoms with Crippen molar-refractivity contribution in [3.05, 3.63) is 29.8 Å². The van der Waals surface area contributed by atoms with Gasteiger partial charge in [-0.1, -0.05) is 12.1 Å². The topological polar surface area (TPSA) is 116 Å². The van der Waals surface area contributed by atoms with Gasteiger partial charge in [0.25, 0.3) is 0 Å². The number of benzene rings is 1. The van der Waals surface area contributed by atoms with Crippen LogP contribution in [0.4, 0.5) is 0 Å². The summed E-state index contributed by atoms with van der Waals surface area (Å²) in [6.07, 6.45) is 0.192. The van der Waals surface area contributed by atoms with E-state index in [1.807, 2.05) is 0 Å². The van der Waals surface area contributed by atoms with Crippen LogP contribution in [-0.4, -0.2) is 40.1 Å². The van der Waals surface area contributed by atoms with E-state index in [1.165, 1.54) is 26.0 Å². The van der Waals surface area contributed by atoms with Crippen LogP contribution in [0.5, 0.6) is 5.75 Å². The van der Waals surface area contributed by atoms with Gasteiger partial charge in [0.05, 0.1) is 0 Å². The lowest BCUT2D eigenvalue weighted by molar-refractivity contribution is -0.141. The van der Waals surface area contributed by atoms with Crippen LogP contribution >= 0.6 is 0 Å². The van der Waals surface area contributed by atoms with Crippen molar-refractivity contribution in [2.75, 3.05) is 0 Å². The van der Waals surface area contributed by atoms with Crippen molar-refractivity contribution in [2.24, 2.45) is 0 Å². The third-order valence-electron chi connectivity index (χ3n) is 2.80. The molecular formula is C14H18N2O5. The van der Waals surface area contributed by atoms with Crippen molar-refractivity contribution in [3.8, 4) is 5.75 Å². The summed E-state index contributed by atoms with van der Waals surface area (Å²) in [6, 6.07) is 4.26. The molecular weight excluding hydrogens is 276 g/mol. The first-order chi connectivity index (χ1) is 9.79. The number of rotatable bonds is 6. The molecule has 7 heteroatoms. The molecule has 0 aliphatic carbocycles. The average molecular weight is 294 g/mol. The minimum Gasteiger partial charge on any atom is -0.508 e. The first kappa shape index (κ1) is 16.5. The van der Waals surface area contributed by atoms with Crippen LogP contribution in [0.1, 0.15) is 19.4 Å². The predicted molar refractivity (Wildman–Crippen MR) is 74.7 cm³/mol. The molecule has 1 rings (SSSR count). The van der Waals surface area contributed by atoms with Gasteiger partial charge in [0.2, 0.25) is 11.8 Å². The number of carbonyl (C=O) groups is 3. The van der Waals surface area contributed by atoms with E-state index in [0.717, 1.165) is 5.56 Å². The zero-order valence-corrected chi connectivity index (χ0v) is 11.8. The fourth-order valence-electron chi connectivity index (χ4n) is 1.70. The van der Waals surface area contributed by atoms with Gasteiger partial charge in [-0.15, -0.1) is 0 Å². The standard InChI is InChI=1S/C14H18N2O5/c1-8(14(20)21)15-13(19)12(16-9(2)17)7-10-3-5-11(18)6-4-10/h3-6,8,12,18H,7H2,1-2H3,(H,15,19)(H,16,17)(H,20,21). The normalized spacial score (nSPS) is 13.0. The van der Waals surface area contributed by atoms with Gasteiger partial charge in [0.15, 0.2) is 0 Å². The fourth-order valence-corrected chi connectivity index (χ4v) is 1.70. The van der Waals surface area contributed by atoms with Crippen molar-refractivity contribution in [3.63, 3.8) is 0 Å². The second-order valence-corrected chi connectivity index (χ2v) is 4.69. The zero-order valence-electron chi connectivity index (χ0n) is 11.8. The smallest absolute Gasteiger partial charge is 0.325 e. The Hall–Kier alpha value is -2.57. The minimum atomic E-state index is -1.16. The summed E-state index contributed by atoms with van der Waals surface area (Å²) in [4.78, 5) is 33.9. The number of aliphatic carboxylic acids is 1. The Labute approximate surface area is 122 Å². The Morgan fingerprint density at radius 3 is 2.19 bits per heavy atom. The van der Waals surface area contributed by atoms with Crippen molar-refractivity contribution >= 4 is 17.8 Å². The Morgan fingerprint density at radius 2 is 1.71 bits per heavy atom. The number of hydrogen-bond acceptors (Lipinski definition) is 4. The maximum Gasteiger partial charge on any atom is 0.325 e. The van der Waals surface area contributed by atoms with Crippen LogP contribution in [0.25, 0.3) is 0 Å². The maximum absolute atomic E-state index is 12.0. The summed E-state index contributed by atoms with van der Waals surface area (Å²) in [6.45, 7) is 2.61. The van der Waals surface area contributed by atoms with E-state index in [-0.39, 0.29) is 12.2 Å². The second-order valence-electron chi connectivity index (χ2n) is 4.69. The average Bonchev–Trinajstić information content (AvgIpc) is 2.39. The lowest BCUT2D eigenvalue weighted by Crippen LogP contribution is -2.51. The summed E-state index contributed by atoms with van der Waals surface area (Å²) in [5, 5.41) is 22.8. The Balaban J connectivity index is 2.79. The monoisotopic (exact) mass is 294 g/mol. The molecule has 0 spiro atoms. The van der Waals surface area contributed by atoms with Crippen molar-refractivity contribution in [1.82, 2.24) is 10.6 Å². The van der Waals surface area contributed by atoms with Gasteiger partial charge in [-0.2, -0.15) is 0 Å². The number of nitrogens with one attached hydrogen (secondary N) is 2. The fraction of sp³-hybridized carbons (Fsp3) is 0.357. The van der Waals surface area contributed by atoms with Gasteiger partial charge in [-0.05, 0) is 24.6 Å². The summed E-state index contributed by atoms with van der Waals surface area (Å²) >= 11 is 0. The van der Waals surface area contributed by atoms with E-state index in [0.29, 0.717) is 0 Å². The molecule has 114 valence electrons. The van der Waals surface area contributed by atoms with E-state index < -0.39 is 29.9 Å². The molecule has 0 aromatic heterocycles. The Bertz CT molecular complexity index is 527. The Kier molecular flexibility index (Phi) is 5.71. The highest BCUT2D eigenvalue weighted by Gasteiger charge is 2.23. The molecule has 0 bridgehead atoms. The molecule has 0 fully saturated rings. The maximum atomic E-state index is 12.0. The molecule has 0 aliphatic heterocycles. The van der Waals surface area contributed by atoms with Gasteiger partial charge >= 0.3 is 5.97 Å². The van der Waals surface area contributed by atoms with E-state index in [1.54, 1.807) is 12.1 Å². The number of phenolic OH excluding ortho intramolecular Hbond substituents is 1. The van der Waals surface area contributed by atoms with Gasteiger partial charge in [0, 0.05) is 13.3 Å². The Morgan fingerprint density at radius 1 is 1.14 bits per heavy atom. The highest BCUT2D eigenvalue weighted by molar-refractivity contribution is 5.90. The van der Waals surface area contributed by atoms with Gasteiger partial charge < -0.3 is 20.8 Å². The van der Waals surface area contributed by atoms with Gasteiger partial charge in [-0.3, -0.25) is 14.4 Å². The molecule has 0 saturated heterocycles. The third kappa shape index (κ3) is 5.52. The summed E-state index contributed by atoms with van der Waals surface area (Å²) in [5.74, 6) is -2.03. The summed E-state index contributed by atoms with van der Waals surface area (Å²) in [7, 11) is 0. The molecule has 21 heavy (non-hydrogen) atoms. The molecule has 0 aliphatic rings. The predicted octanol–water partition coefficient (Wildman–Crippen LogP) is 0.0287. The molecule has 2 atom stereocenters. The van der Waals surface area contributed by atoms with Gasteiger partial charge in [0.1, 0.15) is 17.8 Å². The molecule has 2 unspecified atom stereocenters. The minimum absolute atomic E-state index is 0.0961. The SMILES string of the molecule is CC(=O)NC(Cc1ccc(O)cc1)C(=O)NC(C)C(=O)O. The van der Waals surface area contributed by atoms with Crippen LogP contribution in [0.3, 0.4) is 0 Å². The summed E-state index contributed by atoms with van der Waals surface area (Å²) < 4.78 is 0. The zero-order chi connectivity index (χ0) is 16.0. The van der Waals surface area contributed by atoms with Crippen molar-refractivity contribution < 1.29 is 24.6 Å². The molecule has 0 heterocycles. The van der Waals surface area contributed by atoms with Crippen LogP contribution in [0.15, 0.2) is 24.3 Å². The van der Waals surface area contributed by atoms with E-state index in [9.17, 15) is 19.5 Å². The quantitative estimate of drug-likeness (QED) is 0.590. The van der Waals surface area contributed by atoms with Crippen LogP contribution in [0.2, 0.25) is 0 Å². The largest absolute Gasteiger partial charge is 0.508 e. The molecule has 1 aromatic rings. The van der Waals surface area contributed by atoms with E-state index in [2.05, 4.69) is 10.6 Å². The first-order valence-corrected chi connectivity index (χ1v) is 6.37. The number of aromatic hydroxyl groups is 1. The molecule has 4 N–H and O–H groups in total. The highest BCUT2D eigenvalue weighted by atomic mass is 16.4. The molecule has 7 nitrogen and oxygen atoms in total. The lowest BCUT2D eigenvalue weighted by Gasteiger charge is -2.19. The number of phenols is 1. The van der Waals surface area contributed by atoms with Crippen molar-refractivity contribution in [1.29, 1.82) is 0 Å².